The van der Waals surface area contributed by atoms with Crippen molar-refractivity contribution in [1.29, 1.82) is 0 Å². The maximum absolute atomic E-state index is 11.3. The summed E-state index contributed by atoms with van der Waals surface area (Å²) in [5.41, 5.74) is 0.0000926. The third-order valence-corrected chi connectivity index (χ3v) is 2.65. The molecule has 0 spiro atoms. The standard InChI is InChI=1S/C10H20N2O/c1-4-9(13)11-10(2)6-5-7-12(3)8-10/h4-8H2,1-3H3,(H,11,13). The molecular weight excluding hydrogens is 164 g/mol. The summed E-state index contributed by atoms with van der Waals surface area (Å²) >= 11 is 0. The van der Waals surface area contributed by atoms with Gasteiger partial charge in [0.2, 0.25) is 5.91 Å². The molecule has 1 heterocycles. The Hall–Kier alpha value is -0.570. The Morgan fingerprint density at radius 2 is 2.31 bits per heavy atom. The Balaban J connectivity index is 2.49. The Morgan fingerprint density at radius 1 is 1.62 bits per heavy atom. The van der Waals surface area contributed by atoms with Gasteiger partial charge in [-0.1, -0.05) is 6.92 Å². The fourth-order valence-electron chi connectivity index (χ4n) is 2.02. The van der Waals surface area contributed by atoms with Crippen LogP contribution in [0.5, 0.6) is 0 Å². The molecule has 1 aliphatic rings. The second kappa shape index (κ2) is 4.09. The van der Waals surface area contributed by atoms with Crippen LogP contribution in [0.3, 0.4) is 0 Å². The minimum atomic E-state index is 0.0000926. The first-order chi connectivity index (χ1) is 6.06. The van der Waals surface area contributed by atoms with Crippen molar-refractivity contribution in [2.24, 2.45) is 0 Å². The second-order valence-corrected chi connectivity index (χ2v) is 4.30. The zero-order valence-electron chi connectivity index (χ0n) is 8.89. The largest absolute Gasteiger partial charge is 0.350 e. The number of amides is 1. The molecule has 1 unspecified atom stereocenters. The summed E-state index contributed by atoms with van der Waals surface area (Å²) < 4.78 is 0. The van der Waals surface area contributed by atoms with Gasteiger partial charge < -0.3 is 10.2 Å². The Labute approximate surface area is 80.5 Å². The highest BCUT2D eigenvalue weighted by atomic mass is 16.1. The molecule has 1 amide bonds. The predicted octanol–water partition coefficient (Wildman–Crippen LogP) is 0.997. The van der Waals surface area contributed by atoms with E-state index in [0.29, 0.717) is 6.42 Å². The molecule has 0 saturated carbocycles. The van der Waals surface area contributed by atoms with Gasteiger partial charge in [-0.05, 0) is 33.4 Å². The lowest BCUT2D eigenvalue weighted by Gasteiger charge is -2.39. The lowest BCUT2D eigenvalue weighted by Crippen LogP contribution is -2.55. The van der Waals surface area contributed by atoms with E-state index in [1.54, 1.807) is 0 Å². The lowest BCUT2D eigenvalue weighted by molar-refractivity contribution is -0.123. The minimum Gasteiger partial charge on any atom is -0.350 e. The number of nitrogens with one attached hydrogen (secondary N) is 1. The Kier molecular flexibility index (Phi) is 3.31. The van der Waals surface area contributed by atoms with E-state index < -0.39 is 0 Å². The molecule has 0 aromatic heterocycles. The third-order valence-electron chi connectivity index (χ3n) is 2.65. The summed E-state index contributed by atoms with van der Waals surface area (Å²) in [6.07, 6.45) is 2.86. The van der Waals surface area contributed by atoms with E-state index in [0.717, 1.165) is 19.5 Å². The smallest absolute Gasteiger partial charge is 0.220 e. The van der Waals surface area contributed by atoms with Crippen molar-refractivity contribution in [1.82, 2.24) is 10.2 Å². The average molecular weight is 184 g/mol. The zero-order chi connectivity index (χ0) is 9.90. The van der Waals surface area contributed by atoms with Crippen LogP contribution < -0.4 is 5.32 Å². The van der Waals surface area contributed by atoms with E-state index in [9.17, 15) is 4.79 Å². The van der Waals surface area contributed by atoms with E-state index in [2.05, 4.69) is 24.2 Å². The van der Waals surface area contributed by atoms with Gasteiger partial charge in [-0.25, -0.2) is 0 Å². The number of carbonyl (C=O) groups is 1. The quantitative estimate of drug-likeness (QED) is 0.694. The monoisotopic (exact) mass is 184 g/mol. The molecule has 13 heavy (non-hydrogen) atoms. The van der Waals surface area contributed by atoms with Gasteiger partial charge >= 0.3 is 0 Å². The molecule has 1 rings (SSSR count). The van der Waals surface area contributed by atoms with Crippen molar-refractivity contribution in [2.45, 2.75) is 38.6 Å². The van der Waals surface area contributed by atoms with E-state index >= 15 is 0 Å². The van der Waals surface area contributed by atoms with E-state index in [-0.39, 0.29) is 11.4 Å². The molecule has 0 aromatic rings. The van der Waals surface area contributed by atoms with Gasteiger partial charge in [0, 0.05) is 18.5 Å². The first-order valence-corrected chi connectivity index (χ1v) is 5.05. The van der Waals surface area contributed by atoms with Crippen LogP contribution >= 0.6 is 0 Å². The van der Waals surface area contributed by atoms with Gasteiger partial charge in [-0.15, -0.1) is 0 Å². The lowest BCUT2D eigenvalue weighted by atomic mass is 9.91. The molecule has 0 aromatic carbocycles. The third kappa shape index (κ3) is 2.99. The predicted molar refractivity (Wildman–Crippen MR) is 53.6 cm³/mol. The van der Waals surface area contributed by atoms with Gasteiger partial charge in [0.1, 0.15) is 0 Å². The van der Waals surface area contributed by atoms with Gasteiger partial charge in [-0.3, -0.25) is 4.79 Å². The van der Waals surface area contributed by atoms with E-state index in [1.165, 1.54) is 6.42 Å². The number of nitrogens with zero attached hydrogens (tertiary/aromatic N) is 1. The van der Waals surface area contributed by atoms with Crippen LogP contribution in [0.25, 0.3) is 0 Å². The topological polar surface area (TPSA) is 32.3 Å². The van der Waals surface area contributed by atoms with Gasteiger partial charge in [0.15, 0.2) is 0 Å². The molecule has 3 nitrogen and oxygen atoms in total. The summed E-state index contributed by atoms with van der Waals surface area (Å²) in [4.78, 5) is 13.5. The van der Waals surface area contributed by atoms with Crippen LogP contribution in [0.2, 0.25) is 0 Å². The highest BCUT2D eigenvalue weighted by molar-refractivity contribution is 5.76. The van der Waals surface area contributed by atoms with Crippen LogP contribution in [0.4, 0.5) is 0 Å². The molecule has 1 fully saturated rings. The maximum Gasteiger partial charge on any atom is 0.220 e. The highest BCUT2D eigenvalue weighted by Crippen LogP contribution is 2.19. The van der Waals surface area contributed by atoms with Crippen LogP contribution in [-0.2, 0) is 4.79 Å². The fraction of sp³-hybridized carbons (Fsp3) is 0.900. The molecule has 0 aliphatic carbocycles. The summed E-state index contributed by atoms with van der Waals surface area (Å²) in [5.74, 6) is 0.165. The van der Waals surface area contributed by atoms with Crippen molar-refractivity contribution in [3.8, 4) is 0 Å². The van der Waals surface area contributed by atoms with Crippen molar-refractivity contribution < 1.29 is 4.79 Å². The normalized spacial score (nSPS) is 30.1. The number of likely N-dealkylation sites (N-methyl/N-ethyl adjacent to an activating group) is 1. The SMILES string of the molecule is CCC(=O)NC1(C)CCCN(C)C1. The minimum absolute atomic E-state index is 0.0000926. The number of hydrogen-bond donors (Lipinski definition) is 1. The highest BCUT2D eigenvalue weighted by Gasteiger charge is 2.30. The molecule has 1 saturated heterocycles. The number of carbonyl (C=O) groups excluding carboxylic acids is 1. The first-order valence-electron chi connectivity index (χ1n) is 5.05. The number of likely N-dealkylation sites (tertiary alicyclic amines) is 1. The molecule has 0 bridgehead atoms. The number of hydrogen-bond acceptors (Lipinski definition) is 2. The summed E-state index contributed by atoms with van der Waals surface area (Å²) in [5, 5.41) is 3.09. The van der Waals surface area contributed by atoms with Crippen LogP contribution in [0.1, 0.15) is 33.1 Å². The van der Waals surface area contributed by atoms with E-state index in [4.69, 9.17) is 0 Å². The fourth-order valence-corrected chi connectivity index (χ4v) is 2.02. The second-order valence-electron chi connectivity index (χ2n) is 4.30. The summed E-state index contributed by atoms with van der Waals surface area (Å²) in [7, 11) is 2.11. The molecule has 0 radical (unpaired) electrons. The number of piperidine rings is 1. The van der Waals surface area contributed by atoms with E-state index in [1.807, 2.05) is 6.92 Å². The zero-order valence-corrected chi connectivity index (χ0v) is 8.89. The molecule has 1 aliphatic heterocycles. The van der Waals surface area contributed by atoms with Crippen LogP contribution in [-0.4, -0.2) is 36.5 Å². The van der Waals surface area contributed by atoms with Crippen LogP contribution in [0, 0.1) is 0 Å². The summed E-state index contributed by atoms with van der Waals surface area (Å²) in [6, 6.07) is 0. The first kappa shape index (κ1) is 10.5. The van der Waals surface area contributed by atoms with Gasteiger partial charge in [0.25, 0.3) is 0 Å². The molecular formula is C10H20N2O. The summed E-state index contributed by atoms with van der Waals surface area (Å²) in [6.45, 7) is 6.15. The molecule has 1 atom stereocenters. The van der Waals surface area contributed by atoms with Crippen molar-refractivity contribution in [3.05, 3.63) is 0 Å². The van der Waals surface area contributed by atoms with Crippen molar-refractivity contribution in [2.75, 3.05) is 20.1 Å². The Morgan fingerprint density at radius 3 is 2.85 bits per heavy atom. The molecule has 3 heteroatoms. The van der Waals surface area contributed by atoms with Crippen molar-refractivity contribution in [3.63, 3.8) is 0 Å². The maximum atomic E-state index is 11.3. The van der Waals surface area contributed by atoms with Gasteiger partial charge in [-0.2, -0.15) is 0 Å². The van der Waals surface area contributed by atoms with Crippen LogP contribution in [0.15, 0.2) is 0 Å². The van der Waals surface area contributed by atoms with Crippen molar-refractivity contribution >= 4 is 5.91 Å². The molecule has 76 valence electrons. The molecule has 1 N–H and O–H groups in total. The Bertz CT molecular complexity index is 193. The average Bonchev–Trinajstić information content (AvgIpc) is 2.02. The van der Waals surface area contributed by atoms with Gasteiger partial charge in [0.05, 0.1) is 0 Å². The number of rotatable bonds is 2.